The minimum Gasteiger partial charge on any atom is -0.497 e. The summed E-state index contributed by atoms with van der Waals surface area (Å²) < 4.78 is 21.4. The third-order valence-corrected chi connectivity index (χ3v) is 5.12. The van der Waals surface area contributed by atoms with E-state index in [1.54, 1.807) is 58.8 Å². The van der Waals surface area contributed by atoms with Gasteiger partial charge in [-0.15, -0.1) is 0 Å². The maximum Gasteiger partial charge on any atom is 0.230 e. The molecular formula is C22H24ClN3O5. The van der Waals surface area contributed by atoms with Crippen molar-refractivity contribution in [2.75, 3.05) is 33.8 Å². The van der Waals surface area contributed by atoms with Crippen molar-refractivity contribution in [3.05, 3.63) is 46.6 Å². The number of hydrogen-bond donors (Lipinski definition) is 2. The summed E-state index contributed by atoms with van der Waals surface area (Å²) in [7, 11) is 6.19. The van der Waals surface area contributed by atoms with Crippen LogP contribution >= 0.6 is 11.6 Å². The van der Waals surface area contributed by atoms with Crippen LogP contribution in [-0.2, 0) is 11.2 Å². The Morgan fingerprint density at radius 3 is 2.26 bits per heavy atom. The Labute approximate surface area is 185 Å². The number of nitrogens with one attached hydrogen (secondary N) is 2. The van der Waals surface area contributed by atoms with E-state index in [4.69, 9.17) is 30.5 Å². The fourth-order valence-corrected chi connectivity index (χ4v) is 3.48. The van der Waals surface area contributed by atoms with Gasteiger partial charge in [-0.1, -0.05) is 17.7 Å². The highest BCUT2D eigenvalue weighted by atomic mass is 35.5. The number of aryl methyl sites for hydroxylation is 1. The van der Waals surface area contributed by atoms with Gasteiger partial charge >= 0.3 is 0 Å². The van der Waals surface area contributed by atoms with E-state index in [-0.39, 0.29) is 12.3 Å². The number of aromatic amines is 1. The van der Waals surface area contributed by atoms with Crippen LogP contribution in [0.1, 0.15) is 11.3 Å². The second-order valence-corrected chi connectivity index (χ2v) is 7.08. The predicted molar refractivity (Wildman–Crippen MR) is 119 cm³/mol. The highest BCUT2D eigenvalue weighted by Crippen LogP contribution is 2.43. The highest BCUT2D eigenvalue weighted by Gasteiger charge is 2.20. The Morgan fingerprint density at radius 1 is 1.03 bits per heavy atom. The van der Waals surface area contributed by atoms with Crippen molar-refractivity contribution in [1.29, 1.82) is 0 Å². The summed E-state index contributed by atoms with van der Waals surface area (Å²) in [5.74, 6) is 2.24. The molecule has 0 unspecified atom stereocenters. The molecule has 1 aromatic heterocycles. The van der Waals surface area contributed by atoms with Crippen LogP contribution in [-0.4, -0.2) is 44.5 Å². The average molecular weight is 446 g/mol. The Balaban J connectivity index is 1.90. The molecule has 0 atom stereocenters. The van der Waals surface area contributed by atoms with Crippen molar-refractivity contribution in [3.8, 4) is 34.1 Å². The Hall–Kier alpha value is -3.39. The zero-order chi connectivity index (χ0) is 22.5. The fraction of sp³-hybridized carbons (Fsp3) is 0.273. The number of anilines is 1. The zero-order valence-electron chi connectivity index (χ0n) is 18.0. The molecular weight excluding hydrogens is 422 g/mol. The fourth-order valence-electron chi connectivity index (χ4n) is 3.25. The molecule has 164 valence electrons. The number of methoxy groups -OCH3 is 4. The molecule has 0 spiro atoms. The molecule has 9 heteroatoms. The molecule has 0 bridgehead atoms. The van der Waals surface area contributed by atoms with Gasteiger partial charge in [0.25, 0.3) is 0 Å². The second kappa shape index (κ2) is 9.61. The number of halogens is 1. The van der Waals surface area contributed by atoms with Crippen molar-refractivity contribution in [3.63, 3.8) is 0 Å². The van der Waals surface area contributed by atoms with Gasteiger partial charge in [-0.25, -0.2) is 0 Å². The van der Waals surface area contributed by atoms with Crippen LogP contribution in [0.15, 0.2) is 30.3 Å². The number of carbonyl (C=O) groups is 1. The largest absolute Gasteiger partial charge is 0.497 e. The molecule has 3 rings (SSSR count). The van der Waals surface area contributed by atoms with Gasteiger partial charge < -0.3 is 24.3 Å². The first-order valence-electron chi connectivity index (χ1n) is 9.39. The van der Waals surface area contributed by atoms with E-state index < -0.39 is 0 Å². The molecule has 3 aromatic rings. The number of aromatic nitrogens is 2. The van der Waals surface area contributed by atoms with Crippen molar-refractivity contribution in [2.45, 2.75) is 13.3 Å². The van der Waals surface area contributed by atoms with Crippen LogP contribution in [0.5, 0.6) is 23.0 Å². The molecule has 0 saturated heterocycles. The summed E-state index contributed by atoms with van der Waals surface area (Å²) in [4.78, 5) is 12.7. The molecule has 0 aliphatic carbocycles. The summed E-state index contributed by atoms with van der Waals surface area (Å²) in [6, 6.07) is 8.79. The third-order valence-electron chi connectivity index (χ3n) is 4.77. The number of benzene rings is 2. The number of nitrogens with zero attached hydrogens (tertiary/aromatic N) is 1. The first-order valence-corrected chi connectivity index (χ1v) is 9.77. The van der Waals surface area contributed by atoms with E-state index in [0.717, 1.165) is 11.3 Å². The molecule has 0 fully saturated rings. The quantitative estimate of drug-likeness (QED) is 0.538. The highest BCUT2D eigenvalue weighted by molar-refractivity contribution is 6.31. The molecule has 8 nitrogen and oxygen atoms in total. The minimum absolute atomic E-state index is 0.0867. The summed E-state index contributed by atoms with van der Waals surface area (Å²) in [5.41, 5.74) is 2.92. The Bertz CT molecular complexity index is 1070. The number of amides is 1. The molecule has 2 N–H and O–H groups in total. The molecule has 0 aliphatic rings. The SMILES string of the molecule is COc1ccc(CC(=O)Nc2n[nH]c(C)c2-c2cc(OC)c(OC)c(OC)c2)c(Cl)c1. The lowest BCUT2D eigenvalue weighted by Gasteiger charge is -2.15. The Morgan fingerprint density at radius 2 is 1.71 bits per heavy atom. The smallest absolute Gasteiger partial charge is 0.230 e. The number of rotatable bonds is 8. The summed E-state index contributed by atoms with van der Waals surface area (Å²) in [6.07, 6.45) is 0.0867. The van der Waals surface area contributed by atoms with Gasteiger partial charge in [0.05, 0.1) is 34.9 Å². The van der Waals surface area contributed by atoms with Gasteiger partial charge in [-0.3, -0.25) is 9.89 Å². The number of ether oxygens (including phenoxy) is 4. The minimum atomic E-state index is -0.257. The number of hydrogen-bond acceptors (Lipinski definition) is 6. The third kappa shape index (κ3) is 4.69. The normalized spacial score (nSPS) is 10.5. The summed E-state index contributed by atoms with van der Waals surface area (Å²) in [5, 5.41) is 10.5. The first-order chi connectivity index (χ1) is 14.9. The van der Waals surface area contributed by atoms with E-state index in [2.05, 4.69) is 15.5 Å². The van der Waals surface area contributed by atoms with Crippen LogP contribution in [0.3, 0.4) is 0 Å². The zero-order valence-corrected chi connectivity index (χ0v) is 18.7. The van der Waals surface area contributed by atoms with Gasteiger partial charge in [-0.2, -0.15) is 5.10 Å². The lowest BCUT2D eigenvalue weighted by atomic mass is 10.0. The maximum atomic E-state index is 12.7. The predicted octanol–water partition coefficient (Wildman–Crippen LogP) is 4.25. The van der Waals surface area contributed by atoms with Crippen LogP contribution in [0.2, 0.25) is 5.02 Å². The summed E-state index contributed by atoms with van der Waals surface area (Å²) >= 11 is 6.26. The molecule has 0 saturated carbocycles. The monoisotopic (exact) mass is 445 g/mol. The Kier molecular flexibility index (Phi) is 6.91. The molecule has 31 heavy (non-hydrogen) atoms. The van der Waals surface area contributed by atoms with Crippen molar-refractivity contribution in [2.24, 2.45) is 0 Å². The van der Waals surface area contributed by atoms with Gasteiger partial charge in [0, 0.05) is 16.3 Å². The maximum absolute atomic E-state index is 12.7. The lowest BCUT2D eigenvalue weighted by Crippen LogP contribution is -2.15. The van der Waals surface area contributed by atoms with Gasteiger partial charge in [0.2, 0.25) is 11.7 Å². The van der Waals surface area contributed by atoms with E-state index in [9.17, 15) is 4.79 Å². The lowest BCUT2D eigenvalue weighted by molar-refractivity contribution is -0.115. The van der Waals surface area contributed by atoms with Crippen molar-refractivity contribution in [1.82, 2.24) is 10.2 Å². The van der Waals surface area contributed by atoms with Crippen LogP contribution < -0.4 is 24.3 Å². The van der Waals surface area contributed by atoms with E-state index in [0.29, 0.717) is 45.0 Å². The van der Waals surface area contributed by atoms with E-state index in [1.165, 1.54) is 0 Å². The topological polar surface area (TPSA) is 94.7 Å². The molecule has 0 radical (unpaired) electrons. The first kappa shape index (κ1) is 22.3. The van der Waals surface area contributed by atoms with Gasteiger partial charge in [0.15, 0.2) is 17.3 Å². The average Bonchev–Trinajstić information content (AvgIpc) is 3.13. The summed E-state index contributed by atoms with van der Waals surface area (Å²) in [6.45, 7) is 1.86. The van der Waals surface area contributed by atoms with Gasteiger partial charge in [0.1, 0.15) is 5.75 Å². The van der Waals surface area contributed by atoms with Crippen molar-refractivity contribution < 1.29 is 23.7 Å². The number of H-pyrrole nitrogens is 1. The standard InChI is InChI=1S/C22H24ClN3O5/c1-12-20(14-8-17(29-3)21(31-5)18(9-14)30-4)22(26-25-12)24-19(27)10-13-6-7-15(28-2)11-16(13)23/h6-9,11H,10H2,1-5H3,(H2,24,25,26,27). The molecule has 1 heterocycles. The molecule has 1 amide bonds. The second-order valence-electron chi connectivity index (χ2n) is 6.67. The molecule has 0 aliphatic heterocycles. The van der Waals surface area contributed by atoms with Gasteiger partial charge in [-0.05, 0) is 42.3 Å². The van der Waals surface area contributed by atoms with Crippen LogP contribution in [0, 0.1) is 6.92 Å². The van der Waals surface area contributed by atoms with Crippen molar-refractivity contribution >= 4 is 23.3 Å². The van der Waals surface area contributed by atoms with Crippen LogP contribution in [0.4, 0.5) is 5.82 Å². The number of carbonyl (C=O) groups excluding carboxylic acids is 1. The molecule has 2 aromatic carbocycles. The van der Waals surface area contributed by atoms with Crippen LogP contribution in [0.25, 0.3) is 11.1 Å². The van der Waals surface area contributed by atoms with E-state index in [1.807, 2.05) is 6.92 Å². The van der Waals surface area contributed by atoms with E-state index >= 15 is 0 Å².